The Bertz CT molecular complexity index is 304. The van der Waals surface area contributed by atoms with Gasteiger partial charge in [-0.25, -0.2) is 4.39 Å². The van der Waals surface area contributed by atoms with Gasteiger partial charge >= 0.3 is 0 Å². The fraction of sp³-hybridized carbons (Fsp3) is 0.400. The third kappa shape index (κ3) is 2.51. The second kappa shape index (κ2) is 5.05. The quantitative estimate of drug-likeness (QED) is 0.668. The van der Waals surface area contributed by atoms with Crippen LogP contribution in [0.5, 0.6) is 0 Å². The summed E-state index contributed by atoms with van der Waals surface area (Å²) in [4.78, 5) is 0. The van der Waals surface area contributed by atoms with Crippen LogP contribution in [-0.4, -0.2) is 16.8 Å². The molecular formula is C10H14FNO2. The van der Waals surface area contributed by atoms with Gasteiger partial charge in [0.05, 0.1) is 6.61 Å². The monoisotopic (exact) mass is 199 g/mol. The van der Waals surface area contributed by atoms with Crippen LogP contribution < -0.4 is 5.73 Å². The van der Waals surface area contributed by atoms with Gasteiger partial charge in [-0.1, -0.05) is 6.07 Å². The van der Waals surface area contributed by atoms with Crippen molar-refractivity contribution in [1.82, 2.24) is 0 Å². The van der Waals surface area contributed by atoms with Crippen LogP contribution in [0, 0.1) is 5.82 Å². The number of nitrogens with two attached hydrogens (primary N) is 1. The van der Waals surface area contributed by atoms with Crippen LogP contribution in [0.2, 0.25) is 0 Å². The van der Waals surface area contributed by atoms with E-state index < -0.39 is 5.82 Å². The van der Waals surface area contributed by atoms with Crippen molar-refractivity contribution in [3.63, 3.8) is 0 Å². The van der Waals surface area contributed by atoms with Crippen molar-refractivity contribution in [3.8, 4) is 0 Å². The van der Waals surface area contributed by atoms with Gasteiger partial charge in [0.15, 0.2) is 0 Å². The van der Waals surface area contributed by atoms with E-state index in [1.165, 1.54) is 12.1 Å². The number of rotatable bonds is 4. The highest BCUT2D eigenvalue weighted by molar-refractivity contribution is 5.26. The summed E-state index contributed by atoms with van der Waals surface area (Å²) in [5.74, 6) is -0.438. The highest BCUT2D eigenvalue weighted by Crippen LogP contribution is 2.17. The standard InChI is InChI=1S/C10H14FNO2/c11-9-2-1-7(5-8(9)6-14)10(12)3-4-13/h1-2,5,10,13-14H,3-4,6,12H2/t10-/m1/s1. The number of aliphatic hydroxyl groups excluding tert-OH is 2. The van der Waals surface area contributed by atoms with Crippen LogP contribution in [-0.2, 0) is 6.61 Å². The molecule has 0 aliphatic heterocycles. The summed E-state index contributed by atoms with van der Waals surface area (Å²) in [6, 6.07) is 4.05. The van der Waals surface area contributed by atoms with Gasteiger partial charge in [-0.15, -0.1) is 0 Å². The van der Waals surface area contributed by atoms with Crippen LogP contribution in [0.25, 0.3) is 0 Å². The number of halogens is 1. The minimum Gasteiger partial charge on any atom is -0.396 e. The predicted octanol–water partition coefficient (Wildman–Crippen LogP) is 0.700. The summed E-state index contributed by atoms with van der Waals surface area (Å²) < 4.78 is 13.0. The average molecular weight is 199 g/mol. The first-order valence-electron chi connectivity index (χ1n) is 4.44. The molecule has 0 aromatic heterocycles. The van der Waals surface area contributed by atoms with Crippen LogP contribution >= 0.6 is 0 Å². The first-order valence-corrected chi connectivity index (χ1v) is 4.44. The van der Waals surface area contributed by atoms with Crippen molar-refractivity contribution >= 4 is 0 Å². The zero-order chi connectivity index (χ0) is 10.6. The fourth-order valence-corrected chi connectivity index (χ4v) is 1.25. The van der Waals surface area contributed by atoms with Crippen LogP contribution in [0.15, 0.2) is 18.2 Å². The van der Waals surface area contributed by atoms with Crippen LogP contribution in [0.1, 0.15) is 23.6 Å². The van der Waals surface area contributed by atoms with Crippen LogP contribution in [0.3, 0.4) is 0 Å². The van der Waals surface area contributed by atoms with Gasteiger partial charge in [0.25, 0.3) is 0 Å². The minimum atomic E-state index is -0.438. The summed E-state index contributed by atoms with van der Waals surface area (Å²) in [5.41, 5.74) is 6.67. The third-order valence-electron chi connectivity index (χ3n) is 2.11. The molecule has 1 aromatic rings. The van der Waals surface area contributed by atoms with E-state index >= 15 is 0 Å². The Labute approximate surface area is 82.0 Å². The van der Waals surface area contributed by atoms with Crippen molar-refractivity contribution in [3.05, 3.63) is 35.1 Å². The maximum absolute atomic E-state index is 13.0. The minimum absolute atomic E-state index is 0.00694. The summed E-state index contributed by atoms with van der Waals surface area (Å²) in [6.07, 6.45) is 0.427. The Hall–Kier alpha value is -0.970. The van der Waals surface area contributed by atoms with Crippen molar-refractivity contribution in [1.29, 1.82) is 0 Å². The summed E-state index contributed by atoms with van der Waals surface area (Å²) in [5, 5.41) is 17.5. The Balaban J connectivity index is 2.88. The normalized spacial score (nSPS) is 12.9. The van der Waals surface area contributed by atoms with E-state index in [9.17, 15) is 4.39 Å². The molecule has 0 heterocycles. The van der Waals surface area contributed by atoms with E-state index in [2.05, 4.69) is 0 Å². The lowest BCUT2D eigenvalue weighted by Gasteiger charge is -2.11. The lowest BCUT2D eigenvalue weighted by molar-refractivity contribution is 0.273. The SMILES string of the molecule is N[C@H](CCO)c1ccc(F)c(CO)c1. The Kier molecular flexibility index (Phi) is 4.00. The molecule has 1 aromatic carbocycles. The van der Waals surface area contributed by atoms with Gasteiger partial charge in [-0.05, 0) is 24.1 Å². The summed E-state index contributed by atoms with van der Waals surface area (Å²) in [7, 11) is 0. The van der Waals surface area contributed by atoms with E-state index in [1.54, 1.807) is 6.07 Å². The summed E-state index contributed by atoms with van der Waals surface area (Å²) >= 11 is 0. The molecule has 4 heteroatoms. The van der Waals surface area contributed by atoms with Gasteiger partial charge in [0.1, 0.15) is 5.82 Å². The maximum Gasteiger partial charge on any atom is 0.128 e. The second-order valence-electron chi connectivity index (χ2n) is 3.13. The predicted molar refractivity (Wildman–Crippen MR) is 51.0 cm³/mol. The first kappa shape index (κ1) is 11.1. The van der Waals surface area contributed by atoms with E-state index in [0.29, 0.717) is 6.42 Å². The molecule has 0 radical (unpaired) electrons. The average Bonchev–Trinajstić information content (AvgIpc) is 2.19. The number of benzene rings is 1. The van der Waals surface area contributed by atoms with Crippen molar-refractivity contribution in [2.24, 2.45) is 5.73 Å². The molecule has 4 N–H and O–H groups in total. The molecule has 0 spiro atoms. The zero-order valence-corrected chi connectivity index (χ0v) is 7.78. The van der Waals surface area contributed by atoms with Gasteiger partial charge in [-0.2, -0.15) is 0 Å². The Morgan fingerprint density at radius 1 is 1.36 bits per heavy atom. The van der Waals surface area contributed by atoms with Crippen molar-refractivity contribution < 1.29 is 14.6 Å². The molecule has 0 aliphatic carbocycles. The zero-order valence-electron chi connectivity index (χ0n) is 7.78. The molecule has 14 heavy (non-hydrogen) atoms. The lowest BCUT2D eigenvalue weighted by Crippen LogP contribution is -2.12. The Morgan fingerprint density at radius 3 is 2.64 bits per heavy atom. The smallest absolute Gasteiger partial charge is 0.128 e. The van der Waals surface area contributed by atoms with Gasteiger partial charge in [-0.3, -0.25) is 0 Å². The Morgan fingerprint density at radius 2 is 2.07 bits per heavy atom. The highest BCUT2D eigenvalue weighted by atomic mass is 19.1. The van der Waals surface area contributed by atoms with E-state index in [0.717, 1.165) is 5.56 Å². The van der Waals surface area contributed by atoms with Gasteiger partial charge in [0, 0.05) is 18.2 Å². The number of hydrogen-bond donors (Lipinski definition) is 3. The van der Waals surface area contributed by atoms with Crippen molar-refractivity contribution in [2.45, 2.75) is 19.1 Å². The third-order valence-corrected chi connectivity index (χ3v) is 2.11. The molecule has 0 aliphatic rings. The molecule has 0 fully saturated rings. The second-order valence-corrected chi connectivity index (χ2v) is 3.13. The molecule has 78 valence electrons. The molecule has 0 saturated carbocycles. The maximum atomic E-state index is 13.0. The highest BCUT2D eigenvalue weighted by Gasteiger charge is 2.08. The molecule has 1 atom stereocenters. The topological polar surface area (TPSA) is 66.5 Å². The lowest BCUT2D eigenvalue weighted by atomic mass is 10.0. The molecular weight excluding hydrogens is 185 g/mol. The van der Waals surface area contributed by atoms with E-state index in [4.69, 9.17) is 15.9 Å². The molecule has 0 saturated heterocycles. The van der Waals surface area contributed by atoms with Gasteiger partial charge in [0.2, 0.25) is 0 Å². The largest absolute Gasteiger partial charge is 0.396 e. The van der Waals surface area contributed by atoms with E-state index in [1.807, 2.05) is 0 Å². The number of aliphatic hydroxyl groups is 2. The number of hydrogen-bond acceptors (Lipinski definition) is 3. The molecule has 0 bridgehead atoms. The van der Waals surface area contributed by atoms with Crippen molar-refractivity contribution in [2.75, 3.05) is 6.61 Å². The van der Waals surface area contributed by atoms with E-state index in [-0.39, 0.29) is 24.8 Å². The molecule has 1 rings (SSSR count). The van der Waals surface area contributed by atoms with Gasteiger partial charge < -0.3 is 15.9 Å². The van der Waals surface area contributed by atoms with Crippen LogP contribution in [0.4, 0.5) is 4.39 Å². The summed E-state index contributed by atoms with van der Waals surface area (Å²) in [6.45, 7) is -0.349. The molecule has 0 unspecified atom stereocenters. The fourth-order valence-electron chi connectivity index (χ4n) is 1.25. The molecule has 3 nitrogen and oxygen atoms in total. The molecule has 0 amide bonds. The first-order chi connectivity index (χ1) is 6.69.